The zero-order valence-electron chi connectivity index (χ0n) is 24.8. The molecule has 218 valence electrons. The van der Waals surface area contributed by atoms with Crippen molar-refractivity contribution >= 4 is 0 Å². The smallest absolute Gasteiger partial charge is 0.316 e. The molecule has 0 unspecified atom stereocenters. The second-order valence-electron chi connectivity index (χ2n) is 12.2. The normalized spacial score (nSPS) is 24.2. The highest BCUT2D eigenvalue weighted by Crippen LogP contribution is 2.39. The Morgan fingerprint density at radius 1 is 0.675 bits per heavy atom. The van der Waals surface area contributed by atoms with Gasteiger partial charge in [-0.2, -0.15) is 8.78 Å². The molecule has 1 nitrogen and oxygen atoms in total. The lowest BCUT2D eigenvalue weighted by molar-refractivity contribution is -0.248. The Bertz CT molecular complexity index is 1040. The van der Waals surface area contributed by atoms with Gasteiger partial charge in [-0.3, -0.25) is 0 Å². The monoisotopic (exact) mass is 548 g/mol. The number of hydrogen-bond donors (Lipinski definition) is 0. The van der Waals surface area contributed by atoms with Crippen LogP contribution in [0.25, 0.3) is 0 Å². The largest absolute Gasteiger partial charge is 0.383 e. The van der Waals surface area contributed by atoms with E-state index in [1.807, 2.05) is 12.1 Å². The molecule has 2 fully saturated rings. The number of ether oxygens (including phenoxy) is 1. The third-order valence-electron chi connectivity index (χ3n) is 9.49. The molecule has 0 spiro atoms. The molecule has 2 aliphatic carbocycles. The van der Waals surface area contributed by atoms with Crippen LogP contribution in [0, 0.1) is 11.8 Å². The molecule has 2 aromatic carbocycles. The first-order valence-corrected chi connectivity index (χ1v) is 15.9. The maximum atomic E-state index is 14.8. The van der Waals surface area contributed by atoms with Crippen molar-refractivity contribution in [3.8, 4) is 0 Å². The maximum absolute atomic E-state index is 14.8. The summed E-state index contributed by atoms with van der Waals surface area (Å²) in [6, 6.07) is 15.5. The Kier molecular flexibility index (Phi) is 12.0. The molecular formula is C37H50F2O. The Hall–Kier alpha value is -2.26. The summed E-state index contributed by atoms with van der Waals surface area (Å²) in [5.41, 5.74) is 3.59. The van der Waals surface area contributed by atoms with E-state index < -0.39 is 6.11 Å². The fourth-order valence-electron chi connectivity index (χ4n) is 6.85. The van der Waals surface area contributed by atoms with Crippen LogP contribution in [-0.2, 0) is 17.3 Å². The molecule has 2 saturated carbocycles. The van der Waals surface area contributed by atoms with E-state index in [9.17, 15) is 8.78 Å². The second-order valence-corrected chi connectivity index (χ2v) is 12.2. The predicted molar refractivity (Wildman–Crippen MR) is 164 cm³/mol. The van der Waals surface area contributed by atoms with Crippen LogP contribution in [-0.4, -0.2) is 6.61 Å². The minimum Gasteiger partial charge on any atom is -0.316 e. The Morgan fingerprint density at radius 3 is 1.57 bits per heavy atom. The first-order chi connectivity index (χ1) is 19.5. The lowest BCUT2D eigenvalue weighted by atomic mass is 9.77. The zero-order valence-corrected chi connectivity index (χ0v) is 24.8. The van der Waals surface area contributed by atoms with Gasteiger partial charge < -0.3 is 4.74 Å². The molecule has 4 rings (SSSR count). The van der Waals surface area contributed by atoms with Crippen LogP contribution >= 0.6 is 0 Å². The first-order valence-electron chi connectivity index (χ1n) is 15.9. The molecule has 0 radical (unpaired) electrons. The number of allylic oxidation sites excluding steroid dienone is 4. The highest BCUT2D eigenvalue weighted by molar-refractivity contribution is 5.28. The van der Waals surface area contributed by atoms with Crippen molar-refractivity contribution in [1.82, 2.24) is 0 Å². The molecule has 0 N–H and O–H groups in total. The van der Waals surface area contributed by atoms with Crippen LogP contribution in [0.4, 0.5) is 8.78 Å². The lowest BCUT2D eigenvalue weighted by Crippen LogP contribution is -2.20. The summed E-state index contributed by atoms with van der Waals surface area (Å²) in [7, 11) is 0. The Labute approximate surface area is 242 Å². The van der Waals surface area contributed by atoms with Gasteiger partial charge in [-0.05, 0) is 138 Å². The van der Waals surface area contributed by atoms with Crippen molar-refractivity contribution < 1.29 is 13.5 Å². The van der Waals surface area contributed by atoms with E-state index in [1.165, 1.54) is 75.3 Å². The van der Waals surface area contributed by atoms with E-state index in [0.29, 0.717) is 18.3 Å². The van der Waals surface area contributed by atoms with E-state index >= 15 is 0 Å². The molecule has 2 aromatic rings. The van der Waals surface area contributed by atoms with Gasteiger partial charge in [-0.15, -0.1) is 0 Å². The molecule has 0 atom stereocenters. The first kappa shape index (κ1) is 30.7. The van der Waals surface area contributed by atoms with Crippen molar-refractivity contribution in [2.75, 3.05) is 6.61 Å². The van der Waals surface area contributed by atoms with E-state index in [4.69, 9.17) is 4.74 Å². The third-order valence-corrected chi connectivity index (χ3v) is 9.49. The van der Waals surface area contributed by atoms with Gasteiger partial charge in [-0.25, -0.2) is 0 Å². The number of benzene rings is 2. The lowest BCUT2D eigenvalue weighted by Gasteiger charge is -2.29. The van der Waals surface area contributed by atoms with E-state index in [-0.39, 0.29) is 12.2 Å². The van der Waals surface area contributed by atoms with Gasteiger partial charge in [-0.1, -0.05) is 72.8 Å². The van der Waals surface area contributed by atoms with Gasteiger partial charge in [0, 0.05) is 0 Å². The number of alkyl halides is 2. The van der Waals surface area contributed by atoms with E-state index in [0.717, 1.165) is 30.2 Å². The standard InChI is InChI=1S/C37H50F2O/c1-3-5-7-9-29-11-17-32(18-12-29)33-21-15-31(16-22-33)27-28-40-37(38,39)36-25-23-35(24-26-36)34-19-13-30(14-20-34)10-8-6-4-2/h3-6,15-16,21-26,29-30,32,34H,7-14,17-20,27-28H2,1-2H3/b5-3+,6-4+. The molecule has 0 aliphatic heterocycles. The average molecular weight is 549 g/mol. The average Bonchev–Trinajstić information content (AvgIpc) is 2.99. The molecule has 0 saturated heterocycles. The second kappa shape index (κ2) is 15.7. The molecule has 2 aliphatic rings. The fraction of sp³-hybridized carbons (Fsp3) is 0.568. The van der Waals surface area contributed by atoms with Gasteiger partial charge in [0.25, 0.3) is 0 Å². The quantitative estimate of drug-likeness (QED) is 0.226. The minimum absolute atomic E-state index is 0.00263. The summed E-state index contributed by atoms with van der Waals surface area (Å²) in [5.74, 6) is 2.79. The highest BCUT2D eigenvalue weighted by Gasteiger charge is 2.33. The van der Waals surface area contributed by atoms with Gasteiger partial charge in [0.2, 0.25) is 0 Å². The van der Waals surface area contributed by atoms with E-state index in [1.54, 1.807) is 12.1 Å². The highest BCUT2D eigenvalue weighted by atomic mass is 19.3. The van der Waals surface area contributed by atoms with Crippen LogP contribution in [0.3, 0.4) is 0 Å². The Balaban J connectivity index is 1.19. The van der Waals surface area contributed by atoms with Crippen molar-refractivity contribution in [2.45, 2.75) is 115 Å². The summed E-state index contributed by atoms with van der Waals surface area (Å²) >= 11 is 0. The minimum atomic E-state index is -3.27. The number of rotatable bonds is 13. The predicted octanol–water partition coefficient (Wildman–Crippen LogP) is 11.3. The molecule has 40 heavy (non-hydrogen) atoms. The van der Waals surface area contributed by atoms with Crippen LogP contribution in [0.15, 0.2) is 72.8 Å². The van der Waals surface area contributed by atoms with Crippen molar-refractivity contribution in [2.24, 2.45) is 11.8 Å². The summed E-state index contributed by atoms with van der Waals surface area (Å²) in [6.07, 6.45) is 20.9. The van der Waals surface area contributed by atoms with Crippen LogP contribution in [0.2, 0.25) is 0 Å². The van der Waals surface area contributed by atoms with Gasteiger partial charge in [0.1, 0.15) is 0 Å². The SMILES string of the molecule is C/C=C/CCC1CCC(c2ccc(CCOC(F)(F)c3ccc(C4CCC(CC/C=C/C)CC4)cc3)cc2)CC1. The van der Waals surface area contributed by atoms with Crippen LogP contribution < -0.4 is 0 Å². The number of halogens is 2. The Morgan fingerprint density at radius 2 is 1.12 bits per heavy atom. The number of hydrogen-bond acceptors (Lipinski definition) is 1. The van der Waals surface area contributed by atoms with Gasteiger partial charge in [0.05, 0.1) is 12.2 Å². The topological polar surface area (TPSA) is 9.23 Å². The summed E-state index contributed by atoms with van der Waals surface area (Å²) < 4.78 is 34.8. The molecule has 3 heteroatoms. The fourth-order valence-corrected chi connectivity index (χ4v) is 6.85. The van der Waals surface area contributed by atoms with Crippen molar-refractivity contribution in [3.63, 3.8) is 0 Å². The molecular weight excluding hydrogens is 498 g/mol. The van der Waals surface area contributed by atoms with Gasteiger partial charge >= 0.3 is 6.11 Å². The molecule has 0 bridgehead atoms. The molecule has 0 aromatic heterocycles. The van der Waals surface area contributed by atoms with Crippen LogP contribution in [0.5, 0.6) is 0 Å². The van der Waals surface area contributed by atoms with Crippen LogP contribution in [0.1, 0.15) is 125 Å². The molecule has 0 amide bonds. The summed E-state index contributed by atoms with van der Waals surface area (Å²) in [4.78, 5) is 0. The van der Waals surface area contributed by atoms with Crippen molar-refractivity contribution in [1.29, 1.82) is 0 Å². The van der Waals surface area contributed by atoms with Gasteiger partial charge in [0.15, 0.2) is 0 Å². The van der Waals surface area contributed by atoms with E-state index in [2.05, 4.69) is 62.4 Å². The third kappa shape index (κ3) is 9.13. The zero-order chi connectivity index (χ0) is 28.2. The maximum Gasteiger partial charge on any atom is 0.383 e. The van der Waals surface area contributed by atoms with Crippen molar-refractivity contribution in [3.05, 3.63) is 95.1 Å². The summed E-state index contributed by atoms with van der Waals surface area (Å²) in [5, 5.41) is 0. The summed E-state index contributed by atoms with van der Waals surface area (Å²) in [6.45, 7) is 4.17. The molecule has 0 heterocycles.